The van der Waals surface area contributed by atoms with Gasteiger partial charge in [0, 0.05) is 43.4 Å². The molecule has 2 aromatic carbocycles. The number of carboxylic acid groups (broad SMARTS) is 1. The molecule has 2 heterocycles. The molecule has 1 aliphatic rings. The smallest absolute Gasteiger partial charge is 0.356 e. The first kappa shape index (κ1) is 21.1. The van der Waals surface area contributed by atoms with Gasteiger partial charge in [-0.25, -0.2) is 9.59 Å². The molecule has 31 heavy (non-hydrogen) atoms. The predicted octanol–water partition coefficient (Wildman–Crippen LogP) is 4.08. The summed E-state index contributed by atoms with van der Waals surface area (Å²) in [6.45, 7) is 4.59. The molecule has 3 aromatic rings. The Bertz CT molecular complexity index is 1100. The zero-order valence-corrected chi connectivity index (χ0v) is 17.9. The first-order valence-corrected chi connectivity index (χ1v) is 10.5. The van der Waals surface area contributed by atoms with Gasteiger partial charge in [0.2, 0.25) is 0 Å². The molecule has 7 nitrogen and oxygen atoms in total. The predicted molar refractivity (Wildman–Crippen MR) is 118 cm³/mol. The highest BCUT2D eigenvalue weighted by molar-refractivity contribution is 6.31. The summed E-state index contributed by atoms with van der Waals surface area (Å²) in [7, 11) is 0. The van der Waals surface area contributed by atoms with Crippen molar-refractivity contribution >= 4 is 23.6 Å². The van der Waals surface area contributed by atoms with Gasteiger partial charge in [-0.2, -0.15) is 9.78 Å². The molecule has 1 aliphatic heterocycles. The van der Waals surface area contributed by atoms with E-state index in [2.05, 4.69) is 34.3 Å². The van der Waals surface area contributed by atoms with Crippen LogP contribution in [0.4, 0.5) is 4.79 Å². The van der Waals surface area contributed by atoms with E-state index < -0.39 is 5.97 Å². The summed E-state index contributed by atoms with van der Waals surface area (Å²) in [6, 6.07) is 17.2. The van der Waals surface area contributed by atoms with E-state index in [-0.39, 0.29) is 17.8 Å². The summed E-state index contributed by atoms with van der Waals surface area (Å²) in [4.78, 5) is 27.7. The number of rotatable bonds is 4. The number of hydrogen-bond donors (Lipinski definition) is 1. The zero-order chi connectivity index (χ0) is 22.0. The minimum Gasteiger partial charge on any atom is -0.476 e. The van der Waals surface area contributed by atoms with Gasteiger partial charge in [0.1, 0.15) is 0 Å². The summed E-state index contributed by atoms with van der Waals surface area (Å²) in [6.07, 6.45) is 1.39. The fourth-order valence-electron chi connectivity index (χ4n) is 3.86. The monoisotopic (exact) mass is 438 g/mol. The molecule has 0 bridgehead atoms. The first-order chi connectivity index (χ1) is 14.9. The molecule has 8 heteroatoms. The Labute approximate surface area is 185 Å². The molecular formula is C23H23ClN4O3. The molecule has 1 fully saturated rings. The van der Waals surface area contributed by atoms with Crippen molar-refractivity contribution in [2.75, 3.05) is 19.6 Å². The fraction of sp³-hybridized carbons (Fsp3) is 0.261. The number of carbonyl (C=O) groups is 2. The van der Waals surface area contributed by atoms with E-state index in [1.165, 1.54) is 12.3 Å². The van der Waals surface area contributed by atoms with Crippen molar-refractivity contribution in [1.82, 2.24) is 19.6 Å². The van der Waals surface area contributed by atoms with Crippen LogP contribution in [0.2, 0.25) is 5.02 Å². The molecule has 0 unspecified atom stereocenters. The van der Waals surface area contributed by atoms with Crippen LogP contribution in [0.15, 0.2) is 60.8 Å². The Kier molecular flexibility index (Phi) is 6.06. The minimum absolute atomic E-state index is 0.0407. The van der Waals surface area contributed by atoms with Crippen molar-refractivity contribution in [3.63, 3.8) is 0 Å². The summed E-state index contributed by atoms with van der Waals surface area (Å²) < 4.78 is 1.09. The second kappa shape index (κ2) is 8.91. The van der Waals surface area contributed by atoms with Crippen LogP contribution in [0.25, 0.3) is 11.1 Å². The molecule has 1 saturated heterocycles. The highest BCUT2D eigenvalue weighted by atomic mass is 35.5. The van der Waals surface area contributed by atoms with Crippen molar-refractivity contribution in [2.45, 2.75) is 19.5 Å². The van der Waals surface area contributed by atoms with Gasteiger partial charge in [0.25, 0.3) is 0 Å². The second-order valence-corrected chi connectivity index (χ2v) is 8.09. The Morgan fingerprint density at radius 1 is 1.10 bits per heavy atom. The van der Waals surface area contributed by atoms with Crippen molar-refractivity contribution in [3.05, 3.63) is 77.1 Å². The number of carboxylic acids is 1. The number of piperazine rings is 1. The summed E-state index contributed by atoms with van der Waals surface area (Å²) in [5.41, 5.74) is 3.11. The maximum Gasteiger partial charge on any atom is 0.356 e. The quantitative estimate of drug-likeness (QED) is 0.664. The van der Waals surface area contributed by atoms with E-state index in [0.29, 0.717) is 26.2 Å². The Balaban J connectivity index is 1.40. The Hall–Kier alpha value is -3.16. The topological polar surface area (TPSA) is 78.7 Å². The van der Waals surface area contributed by atoms with Crippen LogP contribution in [0, 0.1) is 0 Å². The van der Waals surface area contributed by atoms with Crippen molar-refractivity contribution in [2.24, 2.45) is 0 Å². The number of benzene rings is 2. The van der Waals surface area contributed by atoms with Gasteiger partial charge in [-0.1, -0.05) is 54.1 Å². The number of nitrogens with zero attached hydrogens (tertiary/aromatic N) is 4. The maximum absolute atomic E-state index is 12.7. The third kappa shape index (κ3) is 4.62. The molecule has 1 N–H and O–H groups in total. The number of hydrogen-bond acceptors (Lipinski definition) is 4. The summed E-state index contributed by atoms with van der Waals surface area (Å²) >= 11 is 6.57. The van der Waals surface area contributed by atoms with Crippen LogP contribution in [0.3, 0.4) is 0 Å². The van der Waals surface area contributed by atoms with Crippen molar-refractivity contribution < 1.29 is 14.7 Å². The summed E-state index contributed by atoms with van der Waals surface area (Å²) in [5, 5.41) is 13.6. The fourth-order valence-corrected chi connectivity index (χ4v) is 4.10. The third-order valence-corrected chi connectivity index (χ3v) is 5.87. The molecule has 4 rings (SSSR count). The lowest BCUT2D eigenvalue weighted by Gasteiger charge is -2.39. The van der Waals surface area contributed by atoms with E-state index in [9.17, 15) is 9.59 Å². The van der Waals surface area contributed by atoms with Crippen LogP contribution in [0.5, 0.6) is 0 Å². The van der Waals surface area contributed by atoms with Gasteiger partial charge < -0.3 is 10.0 Å². The standard InChI is InChI=1S/C23H23ClN4O3/c1-16-14-26(11-12-27(16)23(31)28-10-9-21(25-28)22(29)30)15-19-8-7-18(13-20(19)24)17-5-3-2-4-6-17/h2-10,13,16H,11-12,14-15H2,1H3,(H,29,30)/t16-/m1/s1. The summed E-state index contributed by atoms with van der Waals surface area (Å²) in [5.74, 6) is -1.15. The van der Waals surface area contributed by atoms with Crippen LogP contribution < -0.4 is 0 Å². The van der Waals surface area contributed by atoms with E-state index >= 15 is 0 Å². The van der Waals surface area contributed by atoms with Gasteiger partial charge in [-0.3, -0.25) is 4.90 Å². The number of aromatic carboxylic acids is 1. The van der Waals surface area contributed by atoms with E-state index in [4.69, 9.17) is 16.7 Å². The van der Waals surface area contributed by atoms with Crippen molar-refractivity contribution in [3.8, 4) is 11.1 Å². The van der Waals surface area contributed by atoms with Crippen molar-refractivity contribution in [1.29, 1.82) is 0 Å². The third-order valence-electron chi connectivity index (χ3n) is 5.52. The van der Waals surface area contributed by atoms with Gasteiger partial charge in [-0.15, -0.1) is 0 Å². The molecule has 0 radical (unpaired) electrons. The second-order valence-electron chi connectivity index (χ2n) is 7.68. The Morgan fingerprint density at radius 2 is 1.87 bits per heavy atom. The minimum atomic E-state index is -1.15. The van der Waals surface area contributed by atoms with E-state index in [0.717, 1.165) is 26.4 Å². The lowest BCUT2D eigenvalue weighted by atomic mass is 10.0. The molecule has 0 spiro atoms. The molecule has 1 amide bonds. The number of amides is 1. The van der Waals surface area contributed by atoms with Crippen LogP contribution in [-0.2, 0) is 6.54 Å². The number of aromatic nitrogens is 2. The van der Waals surface area contributed by atoms with Gasteiger partial charge >= 0.3 is 12.0 Å². The molecule has 0 saturated carbocycles. The molecule has 0 aliphatic carbocycles. The Morgan fingerprint density at radius 3 is 2.52 bits per heavy atom. The molecule has 1 atom stereocenters. The SMILES string of the molecule is C[C@@H]1CN(Cc2ccc(-c3ccccc3)cc2Cl)CCN1C(=O)n1ccc(C(=O)O)n1. The van der Waals surface area contributed by atoms with E-state index in [1.807, 2.05) is 31.2 Å². The normalized spacial score (nSPS) is 17.0. The van der Waals surface area contributed by atoms with E-state index in [1.54, 1.807) is 4.90 Å². The highest BCUT2D eigenvalue weighted by Gasteiger charge is 2.29. The van der Waals surface area contributed by atoms with Crippen LogP contribution in [0.1, 0.15) is 23.0 Å². The maximum atomic E-state index is 12.7. The number of halogens is 1. The largest absolute Gasteiger partial charge is 0.476 e. The first-order valence-electron chi connectivity index (χ1n) is 10.1. The van der Waals surface area contributed by atoms with Crippen LogP contribution >= 0.6 is 11.6 Å². The van der Waals surface area contributed by atoms with Gasteiger partial charge in [0.15, 0.2) is 5.69 Å². The zero-order valence-electron chi connectivity index (χ0n) is 17.1. The lowest BCUT2D eigenvalue weighted by Crippen LogP contribution is -2.54. The molecule has 1 aromatic heterocycles. The molecule has 160 valence electrons. The number of carbonyl (C=O) groups excluding carboxylic acids is 1. The average molecular weight is 439 g/mol. The molecular weight excluding hydrogens is 416 g/mol. The van der Waals surface area contributed by atoms with Gasteiger partial charge in [-0.05, 0) is 35.7 Å². The average Bonchev–Trinajstić information content (AvgIpc) is 3.26. The highest BCUT2D eigenvalue weighted by Crippen LogP contribution is 2.27. The van der Waals surface area contributed by atoms with Gasteiger partial charge in [0.05, 0.1) is 0 Å². The lowest BCUT2D eigenvalue weighted by molar-refractivity contribution is 0.0689. The van der Waals surface area contributed by atoms with Crippen LogP contribution in [-0.4, -0.2) is 62.4 Å².